The summed E-state index contributed by atoms with van der Waals surface area (Å²) in [7, 11) is -3.61. The normalized spacial score (nSPS) is 12.6. The first kappa shape index (κ1) is 20.5. The van der Waals surface area contributed by atoms with Crippen LogP contribution in [0.3, 0.4) is 0 Å². The number of aromatic nitrogens is 4. The zero-order valence-corrected chi connectivity index (χ0v) is 16.8. The lowest BCUT2D eigenvalue weighted by molar-refractivity contribution is -0.118. The molecule has 3 rings (SSSR count). The summed E-state index contributed by atoms with van der Waals surface area (Å²) in [6.45, 7) is 1.85. The lowest BCUT2D eigenvalue weighted by atomic mass is 10.1. The number of nitrogens with two attached hydrogens (primary N) is 1. The molecule has 1 unspecified atom stereocenters. The third kappa shape index (κ3) is 4.77. The third-order valence-corrected chi connectivity index (χ3v) is 5.91. The molecule has 1 aromatic carbocycles. The zero-order valence-electron chi connectivity index (χ0n) is 16.0. The van der Waals surface area contributed by atoms with Gasteiger partial charge in [-0.3, -0.25) is 14.2 Å². The van der Waals surface area contributed by atoms with Crippen molar-refractivity contribution in [2.45, 2.75) is 25.1 Å². The molecule has 1 atom stereocenters. The molecule has 0 saturated heterocycles. The van der Waals surface area contributed by atoms with Crippen molar-refractivity contribution in [3.05, 3.63) is 64.8 Å². The Labute approximate surface area is 167 Å². The second kappa shape index (κ2) is 8.00. The van der Waals surface area contributed by atoms with E-state index in [4.69, 9.17) is 5.73 Å². The predicted molar refractivity (Wildman–Crippen MR) is 108 cm³/mol. The molecule has 0 saturated carbocycles. The van der Waals surface area contributed by atoms with Crippen LogP contribution < -0.4 is 11.3 Å². The minimum Gasteiger partial charge on any atom is -0.370 e. The van der Waals surface area contributed by atoms with E-state index >= 15 is 0 Å². The third-order valence-electron chi connectivity index (χ3n) is 4.46. The average Bonchev–Trinajstić information content (AvgIpc) is 3.08. The molecule has 0 aliphatic carbocycles. The number of amides is 1. The molecule has 1 amide bonds. The summed E-state index contributed by atoms with van der Waals surface area (Å²) in [4.78, 5) is 23.6. The van der Waals surface area contributed by atoms with Gasteiger partial charge in [-0.05, 0) is 42.7 Å². The molecule has 2 aromatic heterocycles. The number of primary amides is 1. The van der Waals surface area contributed by atoms with Crippen LogP contribution in [0.4, 0.5) is 0 Å². The molecule has 0 radical (unpaired) electrons. The Morgan fingerprint density at radius 1 is 1.17 bits per heavy atom. The van der Waals surface area contributed by atoms with Crippen molar-refractivity contribution in [1.29, 1.82) is 0 Å². The van der Waals surface area contributed by atoms with Gasteiger partial charge >= 0.3 is 0 Å². The number of rotatable bonds is 7. The Morgan fingerprint density at radius 2 is 1.86 bits per heavy atom. The van der Waals surface area contributed by atoms with Crippen molar-refractivity contribution in [2.24, 2.45) is 5.73 Å². The second-order valence-corrected chi connectivity index (χ2v) is 9.00. The van der Waals surface area contributed by atoms with Gasteiger partial charge in [0.1, 0.15) is 5.37 Å². The molecular formula is C19H21N5O4S. The van der Waals surface area contributed by atoms with Crippen molar-refractivity contribution in [1.82, 2.24) is 19.6 Å². The maximum atomic E-state index is 12.6. The van der Waals surface area contributed by atoms with Crippen LogP contribution in [-0.4, -0.2) is 40.1 Å². The Bertz CT molecular complexity index is 1200. The van der Waals surface area contributed by atoms with Gasteiger partial charge in [-0.15, -0.1) is 5.10 Å². The minimum atomic E-state index is -3.61. The van der Waals surface area contributed by atoms with Crippen LogP contribution in [-0.2, 0) is 14.6 Å². The summed E-state index contributed by atoms with van der Waals surface area (Å²) in [5, 5.41) is 6.81. The largest absolute Gasteiger partial charge is 0.370 e. The van der Waals surface area contributed by atoms with Crippen molar-refractivity contribution >= 4 is 15.7 Å². The van der Waals surface area contributed by atoms with Gasteiger partial charge in [0.15, 0.2) is 9.84 Å². The van der Waals surface area contributed by atoms with E-state index in [1.807, 2.05) is 31.2 Å². The highest BCUT2D eigenvalue weighted by molar-refractivity contribution is 7.90. The molecule has 10 heteroatoms. The number of aryl methyl sites for hydroxylation is 1. The maximum Gasteiger partial charge on any atom is 0.252 e. The summed E-state index contributed by atoms with van der Waals surface area (Å²) < 4.78 is 27.0. The van der Waals surface area contributed by atoms with Crippen LogP contribution in [0.25, 0.3) is 16.8 Å². The van der Waals surface area contributed by atoms with Crippen LogP contribution >= 0.6 is 0 Å². The lowest BCUT2D eigenvalue weighted by Gasteiger charge is -2.18. The summed E-state index contributed by atoms with van der Waals surface area (Å²) in [6.07, 6.45) is 4.07. The Balaban J connectivity index is 1.90. The molecule has 3 aromatic rings. The van der Waals surface area contributed by atoms with Gasteiger partial charge in [-0.1, -0.05) is 17.3 Å². The standard InChI is InChI=1S/C19H21N5O4S/c1-13-12-24(22-21-13)16-5-3-14(4-6-16)15-9-10-23(18(26)11-15)19(29(2,27)28)8-7-17(20)25/h3-6,9-12,19H,7-8H2,1-2H3,(H2,20,25). The van der Waals surface area contributed by atoms with Gasteiger partial charge in [0.05, 0.1) is 17.6 Å². The van der Waals surface area contributed by atoms with E-state index in [1.165, 1.54) is 12.3 Å². The van der Waals surface area contributed by atoms with E-state index in [2.05, 4.69) is 10.3 Å². The lowest BCUT2D eigenvalue weighted by Crippen LogP contribution is -2.29. The Morgan fingerprint density at radius 3 is 2.38 bits per heavy atom. The SMILES string of the molecule is Cc1cn(-c2ccc(-c3ccn(C(CCC(N)=O)S(C)(=O)=O)c(=O)c3)cc2)nn1. The van der Waals surface area contributed by atoms with E-state index in [1.54, 1.807) is 16.9 Å². The molecule has 152 valence electrons. The summed E-state index contributed by atoms with van der Waals surface area (Å²) >= 11 is 0. The fourth-order valence-electron chi connectivity index (χ4n) is 3.01. The number of sulfone groups is 1. The fraction of sp³-hybridized carbons (Fsp3) is 0.263. The van der Waals surface area contributed by atoms with Gasteiger partial charge in [0.25, 0.3) is 5.56 Å². The molecule has 0 spiro atoms. The Hall–Kier alpha value is -3.27. The predicted octanol–water partition coefficient (Wildman–Crippen LogP) is 1.21. The van der Waals surface area contributed by atoms with Crippen LogP contribution in [0.5, 0.6) is 0 Å². The number of hydrogen-bond acceptors (Lipinski definition) is 6. The van der Waals surface area contributed by atoms with Crippen molar-refractivity contribution in [3.8, 4) is 16.8 Å². The van der Waals surface area contributed by atoms with Gasteiger partial charge in [0, 0.05) is 24.9 Å². The number of pyridine rings is 1. The molecule has 2 N–H and O–H groups in total. The number of hydrogen-bond donors (Lipinski definition) is 1. The maximum absolute atomic E-state index is 12.6. The molecule has 29 heavy (non-hydrogen) atoms. The first-order valence-corrected chi connectivity index (χ1v) is 10.8. The summed E-state index contributed by atoms with van der Waals surface area (Å²) in [5.41, 5.74) is 7.72. The van der Waals surface area contributed by atoms with Gasteiger partial charge in [0.2, 0.25) is 5.91 Å². The number of carbonyl (C=O) groups is 1. The van der Waals surface area contributed by atoms with Crippen molar-refractivity contribution < 1.29 is 13.2 Å². The monoisotopic (exact) mass is 415 g/mol. The first-order valence-electron chi connectivity index (χ1n) is 8.84. The molecule has 0 bridgehead atoms. The Kier molecular flexibility index (Phi) is 5.64. The highest BCUT2D eigenvalue weighted by Crippen LogP contribution is 2.22. The molecule has 2 heterocycles. The van der Waals surface area contributed by atoms with Crippen LogP contribution in [0.2, 0.25) is 0 Å². The van der Waals surface area contributed by atoms with E-state index in [9.17, 15) is 18.0 Å². The molecule has 0 aliphatic heterocycles. The molecule has 0 aliphatic rings. The highest BCUT2D eigenvalue weighted by atomic mass is 32.2. The van der Waals surface area contributed by atoms with E-state index in [0.717, 1.165) is 27.8 Å². The summed E-state index contributed by atoms with van der Waals surface area (Å²) in [5.74, 6) is -0.619. The number of carbonyl (C=O) groups excluding carboxylic acids is 1. The quantitative estimate of drug-likeness (QED) is 0.617. The average molecular weight is 415 g/mol. The van der Waals surface area contributed by atoms with Crippen LogP contribution in [0, 0.1) is 6.92 Å². The van der Waals surface area contributed by atoms with Crippen LogP contribution in [0.1, 0.15) is 23.9 Å². The van der Waals surface area contributed by atoms with E-state index < -0.39 is 26.7 Å². The zero-order chi connectivity index (χ0) is 21.2. The van der Waals surface area contributed by atoms with Gasteiger partial charge < -0.3 is 5.73 Å². The van der Waals surface area contributed by atoms with Gasteiger partial charge in [-0.25, -0.2) is 13.1 Å². The van der Waals surface area contributed by atoms with Crippen LogP contribution in [0.15, 0.2) is 53.6 Å². The second-order valence-electron chi connectivity index (χ2n) is 6.80. The highest BCUT2D eigenvalue weighted by Gasteiger charge is 2.24. The van der Waals surface area contributed by atoms with Gasteiger partial charge in [-0.2, -0.15) is 0 Å². The number of nitrogens with zero attached hydrogens (tertiary/aromatic N) is 4. The van der Waals surface area contributed by atoms with Crippen molar-refractivity contribution in [2.75, 3.05) is 6.26 Å². The van der Waals surface area contributed by atoms with E-state index in [0.29, 0.717) is 5.56 Å². The fourth-order valence-corrected chi connectivity index (χ4v) is 4.15. The van der Waals surface area contributed by atoms with Crippen molar-refractivity contribution in [3.63, 3.8) is 0 Å². The molecule has 9 nitrogen and oxygen atoms in total. The first-order chi connectivity index (χ1) is 13.6. The molecular weight excluding hydrogens is 394 g/mol. The number of benzene rings is 1. The smallest absolute Gasteiger partial charge is 0.252 e. The minimum absolute atomic E-state index is 0.0561. The topological polar surface area (TPSA) is 130 Å². The summed E-state index contributed by atoms with van der Waals surface area (Å²) in [6, 6.07) is 10.4. The molecule has 0 fully saturated rings. The van der Waals surface area contributed by atoms with E-state index in [-0.39, 0.29) is 12.8 Å².